The molecule has 0 fully saturated rings. The van der Waals surface area contributed by atoms with Crippen molar-refractivity contribution in [3.8, 4) is 0 Å². The Morgan fingerprint density at radius 3 is 2.78 bits per heavy atom. The molecule has 4 nitrogen and oxygen atoms in total. The predicted octanol–water partition coefficient (Wildman–Crippen LogP) is 3.49. The third kappa shape index (κ3) is 4.10. The number of aromatic nitrogens is 2. The Balaban J connectivity index is 1.62. The third-order valence-electron chi connectivity index (χ3n) is 3.83. The Bertz CT molecular complexity index is 688. The van der Waals surface area contributed by atoms with Gasteiger partial charge in [-0.25, -0.2) is 9.97 Å². The highest BCUT2D eigenvalue weighted by molar-refractivity contribution is 7.98. The van der Waals surface area contributed by atoms with Gasteiger partial charge in [-0.1, -0.05) is 29.3 Å². The zero-order valence-electron chi connectivity index (χ0n) is 12.6. The monoisotopic (exact) mass is 368 g/mol. The number of nitrogens with zero attached hydrogens (tertiary/aromatic N) is 2. The smallest absolute Gasteiger partial charge is 0.220 e. The fourth-order valence-electron chi connectivity index (χ4n) is 2.65. The van der Waals surface area contributed by atoms with Crippen molar-refractivity contribution in [1.82, 2.24) is 15.3 Å². The summed E-state index contributed by atoms with van der Waals surface area (Å²) in [5.74, 6) is 2.10. The minimum Gasteiger partial charge on any atom is -0.368 e. The van der Waals surface area contributed by atoms with Crippen LogP contribution in [0.4, 0.5) is 5.95 Å². The van der Waals surface area contributed by atoms with Gasteiger partial charge in [0, 0.05) is 40.9 Å². The molecule has 1 aromatic heterocycles. The lowest BCUT2D eigenvalue weighted by molar-refractivity contribution is 0.619. The largest absolute Gasteiger partial charge is 0.368 e. The van der Waals surface area contributed by atoms with Crippen molar-refractivity contribution >= 4 is 40.9 Å². The molecule has 0 amide bonds. The molecule has 0 aliphatic carbocycles. The van der Waals surface area contributed by atoms with Gasteiger partial charge in [-0.05, 0) is 29.9 Å². The molecule has 122 valence electrons. The number of rotatable bonds is 5. The SMILES string of the molecule is Nc1nc2c(c(CCSCc3c(Cl)cccc3Cl)n1)CNCC2. The Morgan fingerprint density at radius 2 is 2.00 bits per heavy atom. The molecule has 1 aliphatic rings. The van der Waals surface area contributed by atoms with E-state index >= 15 is 0 Å². The molecule has 23 heavy (non-hydrogen) atoms. The van der Waals surface area contributed by atoms with Gasteiger partial charge in [-0.15, -0.1) is 0 Å². The van der Waals surface area contributed by atoms with Crippen LogP contribution in [0.3, 0.4) is 0 Å². The van der Waals surface area contributed by atoms with Gasteiger partial charge in [-0.2, -0.15) is 11.8 Å². The van der Waals surface area contributed by atoms with E-state index in [1.807, 2.05) is 18.2 Å². The van der Waals surface area contributed by atoms with Crippen LogP contribution in [0.1, 0.15) is 22.5 Å². The van der Waals surface area contributed by atoms with Gasteiger partial charge in [0.15, 0.2) is 0 Å². The summed E-state index contributed by atoms with van der Waals surface area (Å²) in [4.78, 5) is 8.79. The summed E-state index contributed by atoms with van der Waals surface area (Å²) in [6, 6.07) is 5.61. The standard InChI is InChI=1S/C16H18Cl2N4S/c17-12-2-1-3-13(18)11(12)9-23-7-5-15-10-8-20-6-4-14(10)21-16(19)22-15/h1-3,20H,4-9H2,(H2,19,21,22). The van der Waals surface area contributed by atoms with E-state index in [4.69, 9.17) is 28.9 Å². The molecule has 0 saturated carbocycles. The first kappa shape index (κ1) is 16.8. The van der Waals surface area contributed by atoms with E-state index in [1.54, 1.807) is 11.8 Å². The quantitative estimate of drug-likeness (QED) is 0.790. The zero-order chi connectivity index (χ0) is 16.2. The van der Waals surface area contributed by atoms with Gasteiger partial charge in [-0.3, -0.25) is 0 Å². The summed E-state index contributed by atoms with van der Waals surface area (Å²) in [6.07, 6.45) is 1.78. The van der Waals surface area contributed by atoms with E-state index in [1.165, 1.54) is 5.56 Å². The number of anilines is 1. The highest BCUT2D eigenvalue weighted by Crippen LogP contribution is 2.28. The topological polar surface area (TPSA) is 63.8 Å². The fourth-order valence-corrected chi connectivity index (χ4v) is 4.34. The van der Waals surface area contributed by atoms with Crippen molar-refractivity contribution in [3.63, 3.8) is 0 Å². The molecule has 0 atom stereocenters. The first-order chi connectivity index (χ1) is 11.1. The van der Waals surface area contributed by atoms with Crippen LogP contribution in [0.2, 0.25) is 10.0 Å². The minimum absolute atomic E-state index is 0.375. The number of thioether (sulfide) groups is 1. The number of halogens is 2. The molecule has 2 heterocycles. The number of aryl methyl sites for hydroxylation is 1. The summed E-state index contributed by atoms with van der Waals surface area (Å²) in [7, 11) is 0. The van der Waals surface area contributed by atoms with E-state index in [0.717, 1.165) is 64.4 Å². The summed E-state index contributed by atoms with van der Waals surface area (Å²) in [5, 5.41) is 4.81. The molecular weight excluding hydrogens is 351 g/mol. The molecular formula is C16H18Cl2N4S. The van der Waals surface area contributed by atoms with Gasteiger partial charge in [0.05, 0.1) is 11.4 Å². The molecule has 3 N–H and O–H groups in total. The van der Waals surface area contributed by atoms with E-state index < -0.39 is 0 Å². The molecule has 1 aromatic carbocycles. The van der Waals surface area contributed by atoms with Crippen LogP contribution in [0, 0.1) is 0 Å². The van der Waals surface area contributed by atoms with Crippen molar-refractivity contribution < 1.29 is 0 Å². The third-order valence-corrected chi connectivity index (χ3v) is 5.52. The maximum Gasteiger partial charge on any atom is 0.220 e. The number of fused-ring (bicyclic) bond motifs is 1. The van der Waals surface area contributed by atoms with Crippen LogP contribution in [0.25, 0.3) is 0 Å². The van der Waals surface area contributed by atoms with Crippen molar-refractivity contribution in [2.45, 2.75) is 25.1 Å². The van der Waals surface area contributed by atoms with Gasteiger partial charge in [0.1, 0.15) is 0 Å². The second-order valence-electron chi connectivity index (χ2n) is 5.38. The second-order valence-corrected chi connectivity index (χ2v) is 7.30. The van der Waals surface area contributed by atoms with Gasteiger partial charge >= 0.3 is 0 Å². The molecule has 0 spiro atoms. The van der Waals surface area contributed by atoms with E-state index in [2.05, 4.69) is 15.3 Å². The number of hydrogen-bond donors (Lipinski definition) is 2. The Morgan fingerprint density at radius 1 is 1.22 bits per heavy atom. The zero-order valence-corrected chi connectivity index (χ0v) is 14.9. The fraction of sp³-hybridized carbons (Fsp3) is 0.375. The molecule has 0 bridgehead atoms. The highest BCUT2D eigenvalue weighted by Gasteiger charge is 2.16. The molecule has 1 aliphatic heterocycles. The van der Waals surface area contributed by atoms with E-state index in [0.29, 0.717) is 5.95 Å². The van der Waals surface area contributed by atoms with Crippen LogP contribution in [-0.2, 0) is 25.1 Å². The van der Waals surface area contributed by atoms with Crippen LogP contribution in [0.5, 0.6) is 0 Å². The molecule has 2 aromatic rings. The second kappa shape index (κ2) is 7.71. The van der Waals surface area contributed by atoms with Gasteiger partial charge < -0.3 is 11.1 Å². The van der Waals surface area contributed by atoms with E-state index in [-0.39, 0.29) is 0 Å². The molecule has 0 radical (unpaired) electrons. The summed E-state index contributed by atoms with van der Waals surface area (Å²) in [6.45, 7) is 1.77. The number of nitrogens with two attached hydrogens (primary N) is 1. The van der Waals surface area contributed by atoms with Crippen LogP contribution in [-0.4, -0.2) is 22.3 Å². The van der Waals surface area contributed by atoms with Crippen LogP contribution >= 0.6 is 35.0 Å². The lowest BCUT2D eigenvalue weighted by Crippen LogP contribution is -2.27. The summed E-state index contributed by atoms with van der Waals surface area (Å²) < 4.78 is 0. The normalized spacial score (nSPS) is 13.8. The maximum absolute atomic E-state index is 6.20. The van der Waals surface area contributed by atoms with Crippen molar-refractivity contribution in [3.05, 3.63) is 50.8 Å². The first-order valence-corrected chi connectivity index (χ1v) is 9.41. The number of nitrogen functional groups attached to an aromatic ring is 1. The first-order valence-electron chi connectivity index (χ1n) is 7.50. The van der Waals surface area contributed by atoms with E-state index in [9.17, 15) is 0 Å². The lowest BCUT2D eigenvalue weighted by Gasteiger charge is -2.19. The summed E-state index contributed by atoms with van der Waals surface area (Å²) >= 11 is 14.2. The number of benzene rings is 1. The lowest BCUT2D eigenvalue weighted by atomic mass is 10.0. The molecule has 3 rings (SSSR count). The van der Waals surface area contributed by atoms with Crippen LogP contribution < -0.4 is 11.1 Å². The molecule has 0 unspecified atom stereocenters. The minimum atomic E-state index is 0.375. The Kier molecular flexibility index (Phi) is 5.64. The van der Waals surface area contributed by atoms with Crippen molar-refractivity contribution in [2.75, 3.05) is 18.0 Å². The van der Waals surface area contributed by atoms with Crippen molar-refractivity contribution in [2.24, 2.45) is 0 Å². The van der Waals surface area contributed by atoms with Gasteiger partial charge in [0.25, 0.3) is 0 Å². The average molecular weight is 369 g/mol. The Labute approximate surface area is 150 Å². The number of hydrogen-bond acceptors (Lipinski definition) is 5. The van der Waals surface area contributed by atoms with Crippen molar-refractivity contribution in [1.29, 1.82) is 0 Å². The van der Waals surface area contributed by atoms with Crippen LogP contribution in [0.15, 0.2) is 18.2 Å². The average Bonchev–Trinajstić information content (AvgIpc) is 2.53. The molecule has 7 heteroatoms. The molecule has 0 saturated heterocycles. The highest BCUT2D eigenvalue weighted by atomic mass is 35.5. The Hall–Kier alpha value is -1.01. The summed E-state index contributed by atoms with van der Waals surface area (Å²) in [5.41, 5.74) is 10.2. The predicted molar refractivity (Wildman–Crippen MR) is 98.2 cm³/mol. The number of nitrogens with one attached hydrogen (secondary N) is 1. The van der Waals surface area contributed by atoms with Gasteiger partial charge in [0.2, 0.25) is 5.95 Å². The maximum atomic E-state index is 6.20.